The van der Waals surface area contributed by atoms with Crippen LogP contribution >= 0.6 is 0 Å². The summed E-state index contributed by atoms with van der Waals surface area (Å²) in [7, 11) is 3.28. The molecular formula is C13H20N4O2. The van der Waals surface area contributed by atoms with Crippen LogP contribution in [0.4, 0.5) is 11.4 Å². The molecule has 2 amide bonds. The SMILES string of the molecule is CNC(=O)CN(C)CC(=O)Nc1ccc(N)cc1C. The Labute approximate surface area is 113 Å². The lowest BCUT2D eigenvalue weighted by Crippen LogP contribution is -2.37. The summed E-state index contributed by atoms with van der Waals surface area (Å²) >= 11 is 0. The van der Waals surface area contributed by atoms with Crippen LogP contribution in [-0.4, -0.2) is 43.9 Å². The lowest BCUT2D eigenvalue weighted by Gasteiger charge is -2.16. The molecule has 19 heavy (non-hydrogen) atoms. The van der Waals surface area contributed by atoms with Gasteiger partial charge in [-0.05, 0) is 37.7 Å². The maximum Gasteiger partial charge on any atom is 0.238 e. The van der Waals surface area contributed by atoms with Gasteiger partial charge in [0.25, 0.3) is 0 Å². The first kappa shape index (κ1) is 15.0. The normalized spacial score (nSPS) is 10.3. The zero-order valence-corrected chi connectivity index (χ0v) is 11.5. The molecule has 0 aliphatic heterocycles. The van der Waals surface area contributed by atoms with E-state index in [0.717, 1.165) is 11.3 Å². The fraction of sp³-hybridized carbons (Fsp3) is 0.385. The van der Waals surface area contributed by atoms with E-state index in [1.54, 1.807) is 37.2 Å². The van der Waals surface area contributed by atoms with E-state index in [4.69, 9.17) is 5.73 Å². The van der Waals surface area contributed by atoms with Gasteiger partial charge in [0.2, 0.25) is 11.8 Å². The molecule has 0 atom stereocenters. The molecule has 0 spiro atoms. The molecule has 0 unspecified atom stereocenters. The van der Waals surface area contributed by atoms with Crippen LogP contribution in [0.5, 0.6) is 0 Å². The number of likely N-dealkylation sites (N-methyl/N-ethyl adjacent to an activating group) is 2. The topological polar surface area (TPSA) is 87.5 Å². The Kier molecular flexibility index (Phi) is 5.32. The van der Waals surface area contributed by atoms with E-state index in [1.165, 1.54) is 0 Å². The average Bonchev–Trinajstić information content (AvgIpc) is 2.32. The number of hydrogen-bond acceptors (Lipinski definition) is 4. The van der Waals surface area contributed by atoms with Gasteiger partial charge in [-0.15, -0.1) is 0 Å². The van der Waals surface area contributed by atoms with Gasteiger partial charge in [0.15, 0.2) is 0 Å². The largest absolute Gasteiger partial charge is 0.399 e. The molecule has 0 saturated heterocycles. The van der Waals surface area contributed by atoms with Crippen molar-refractivity contribution >= 4 is 23.2 Å². The number of aryl methyl sites for hydroxylation is 1. The first-order chi connectivity index (χ1) is 8.92. The number of hydrogen-bond donors (Lipinski definition) is 3. The van der Waals surface area contributed by atoms with Crippen molar-refractivity contribution in [2.24, 2.45) is 0 Å². The van der Waals surface area contributed by atoms with Crippen molar-refractivity contribution in [3.63, 3.8) is 0 Å². The second-order valence-electron chi connectivity index (χ2n) is 4.47. The minimum atomic E-state index is -0.167. The number of nitrogens with two attached hydrogens (primary N) is 1. The number of anilines is 2. The Morgan fingerprint density at radius 2 is 1.89 bits per heavy atom. The van der Waals surface area contributed by atoms with Crippen molar-refractivity contribution in [3.05, 3.63) is 23.8 Å². The zero-order valence-electron chi connectivity index (χ0n) is 11.5. The quantitative estimate of drug-likeness (QED) is 0.663. The average molecular weight is 264 g/mol. The van der Waals surface area contributed by atoms with Crippen LogP contribution in [0.1, 0.15) is 5.56 Å². The van der Waals surface area contributed by atoms with E-state index in [2.05, 4.69) is 10.6 Å². The number of nitrogen functional groups attached to an aromatic ring is 1. The van der Waals surface area contributed by atoms with E-state index in [-0.39, 0.29) is 24.9 Å². The van der Waals surface area contributed by atoms with Crippen molar-refractivity contribution < 1.29 is 9.59 Å². The summed E-state index contributed by atoms with van der Waals surface area (Å²) in [5, 5.41) is 5.30. The van der Waals surface area contributed by atoms with Crippen molar-refractivity contribution in [2.45, 2.75) is 6.92 Å². The van der Waals surface area contributed by atoms with Crippen molar-refractivity contribution in [3.8, 4) is 0 Å². The van der Waals surface area contributed by atoms with Crippen LogP contribution in [0.2, 0.25) is 0 Å². The highest BCUT2D eigenvalue weighted by molar-refractivity contribution is 5.93. The molecule has 1 aromatic carbocycles. The van der Waals surface area contributed by atoms with Gasteiger partial charge in [0, 0.05) is 18.4 Å². The van der Waals surface area contributed by atoms with Gasteiger partial charge in [0.1, 0.15) is 0 Å². The number of amides is 2. The molecule has 1 aromatic rings. The fourth-order valence-corrected chi connectivity index (χ4v) is 1.64. The number of nitrogens with one attached hydrogen (secondary N) is 2. The van der Waals surface area contributed by atoms with Gasteiger partial charge in [0.05, 0.1) is 13.1 Å². The standard InChI is InChI=1S/C13H20N4O2/c1-9-6-10(14)4-5-11(9)16-13(19)8-17(3)7-12(18)15-2/h4-6H,7-8,14H2,1-3H3,(H,15,18)(H,16,19). The second kappa shape index (κ2) is 6.75. The minimum Gasteiger partial charge on any atom is -0.399 e. The van der Waals surface area contributed by atoms with Crippen LogP contribution in [0, 0.1) is 6.92 Å². The highest BCUT2D eigenvalue weighted by Gasteiger charge is 2.10. The summed E-state index contributed by atoms with van der Waals surface area (Å²) < 4.78 is 0. The molecule has 0 aliphatic rings. The van der Waals surface area contributed by atoms with Crippen molar-refractivity contribution in [2.75, 3.05) is 38.2 Å². The first-order valence-corrected chi connectivity index (χ1v) is 5.97. The lowest BCUT2D eigenvalue weighted by atomic mass is 10.2. The molecule has 4 N–H and O–H groups in total. The van der Waals surface area contributed by atoms with Crippen LogP contribution in [0.3, 0.4) is 0 Å². The van der Waals surface area contributed by atoms with E-state index >= 15 is 0 Å². The lowest BCUT2D eigenvalue weighted by molar-refractivity contribution is -0.122. The van der Waals surface area contributed by atoms with Crippen LogP contribution < -0.4 is 16.4 Å². The van der Waals surface area contributed by atoms with Crippen LogP contribution in [0.25, 0.3) is 0 Å². The third kappa shape index (κ3) is 4.97. The van der Waals surface area contributed by atoms with Gasteiger partial charge in [-0.2, -0.15) is 0 Å². The zero-order chi connectivity index (χ0) is 14.4. The monoisotopic (exact) mass is 264 g/mol. The Bertz CT molecular complexity index is 474. The maximum absolute atomic E-state index is 11.8. The molecule has 0 aliphatic carbocycles. The van der Waals surface area contributed by atoms with E-state index < -0.39 is 0 Å². The highest BCUT2D eigenvalue weighted by Crippen LogP contribution is 2.17. The van der Waals surface area contributed by atoms with Crippen LogP contribution in [0.15, 0.2) is 18.2 Å². The number of benzene rings is 1. The van der Waals surface area contributed by atoms with Gasteiger partial charge >= 0.3 is 0 Å². The highest BCUT2D eigenvalue weighted by atomic mass is 16.2. The molecule has 0 heterocycles. The molecule has 0 saturated carbocycles. The third-order valence-electron chi connectivity index (χ3n) is 2.63. The maximum atomic E-state index is 11.8. The van der Waals surface area contributed by atoms with Gasteiger partial charge in [-0.25, -0.2) is 0 Å². The van der Waals surface area contributed by atoms with Gasteiger partial charge in [-0.1, -0.05) is 0 Å². The number of rotatable bonds is 5. The molecule has 1 rings (SSSR count). The Balaban J connectivity index is 2.53. The summed E-state index contributed by atoms with van der Waals surface area (Å²) in [5.41, 5.74) is 7.94. The molecule has 0 fully saturated rings. The van der Waals surface area contributed by atoms with Crippen LogP contribution in [-0.2, 0) is 9.59 Å². The van der Waals surface area contributed by atoms with Gasteiger partial charge in [-0.3, -0.25) is 14.5 Å². The van der Waals surface area contributed by atoms with Crippen molar-refractivity contribution in [1.29, 1.82) is 0 Å². The fourth-order valence-electron chi connectivity index (χ4n) is 1.64. The predicted molar refractivity (Wildman–Crippen MR) is 75.8 cm³/mol. The Morgan fingerprint density at radius 3 is 2.47 bits per heavy atom. The molecule has 0 aromatic heterocycles. The molecule has 0 bridgehead atoms. The summed E-state index contributed by atoms with van der Waals surface area (Å²) in [4.78, 5) is 24.6. The summed E-state index contributed by atoms with van der Waals surface area (Å²) in [5.74, 6) is -0.293. The van der Waals surface area contributed by atoms with E-state index in [1.807, 2.05) is 6.92 Å². The number of carbonyl (C=O) groups excluding carboxylic acids is 2. The smallest absolute Gasteiger partial charge is 0.238 e. The van der Waals surface area contributed by atoms with Crippen molar-refractivity contribution in [1.82, 2.24) is 10.2 Å². The summed E-state index contributed by atoms with van der Waals surface area (Å²) in [6.07, 6.45) is 0. The third-order valence-corrected chi connectivity index (χ3v) is 2.63. The number of nitrogens with zero attached hydrogens (tertiary/aromatic N) is 1. The Morgan fingerprint density at radius 1 is 1.26 bits per heavy atom. The van der Waals surface area contributed by atoms with E-state index in [9.17, 15) is 9.59 Å². The summed E-state index contributed by atoms with van der Waals surface area (Å²) in [6, 6.07) is 5.29. The van der Waals surface area contributed by atoms with E-state index in [0.29, 0.717) is 5.69 Å². The second-order valence-corrected chi connectivity index (χ2v) is 4.47. The molecular weight excluding hydrogens is 244 g/mol. The molecule has 104 valence electrons. The van der Waals surface area contributed by atoms with Gasteiger partial charge < -0.3 is 16.4 Å². The minimum absolute atomic E-state index is 0.126. The molecule has 6 nitrogen and oxygen atoms in total. The predicted octanol–water partition coefficient (Wildman–Crippen LogP) is 0.194. The first-order valence-electron chi connectivity index (χ1n) is 5.97. The Hall–Kier alpha value is -2.08. The number of carbonyl (C=O) groups is 2. The molecule has 0 radical (unpaired) electrons. The molecule has 6 heteroatoms. The summed E-state index contributed by atoms with van der Waals surface area (Å²) in [6.45, 7) is 2.21.